The number of hydrogen-bond acceptors (Lipinski definition) is 4. The molecule has 2 aromatic rings. The number of carbonyl (C=O) groups excluding carboxylic acids is 1. The quantitative estimate of drug-likeness (QED) is 0.668. The molecule has 0 amide bonds. The van der Waals surface area contributed by atoms with E-state index in [1.807, 2.05) is 32.9 Å². The summed E-state index contributed by atoms with van der Waals surface area (Å²) < 4.78 is 16.9. The molecule has 0 saturated carbocycles. The monoisotopic (exact) mass is 354 g/mol. The molecule has 4 heteroatoms. The van der Waals surface area contributed by atoms with Crippen LogP contribution >= 0.6 is 0 Å². The van der Waals surface area contributed by atoms with Gasteiger partial charge >= 0.3 is 0 Å². The van der Waals surface area contributed by atoms with Gasteiger partial charge in [0.25, 0.3) is 0 Å². The van der Waals surface area contributed by atoms with Gasteiger partial charge in [0.1, 0.15) is 5.75 Å². The van der Waals surface area contributed by atoms with Gasteiger partial charge in [-0.1, -0.05) is 25.1 Å². The molecule has 1 atom stereocenters. The molecule has 0 saturated heterocycles. The zero-order chi connectivity index (χ0) is 18.7. The van der Waals surface area contributed by atoms with E-state index in [-0.39, 0.29) is 18.7 Å². The Labute approximate surface area is 155 Å². The van der Waals surface area contributed by atoms with Crippen molar-refractivity contribution < 1.29 is 19.0 Å². The van der Waals surface area contributed by atoms with E-state index in [9.17, 15) is 4.79 Å². The molecule has 0 bridgehead atoms. The molecule has 0 aromatic heterocycles. The van der Waals surface area contributed by atoms with Gasteiger partial charge < -0.3 is 14.2 Å². The van der Waals surface area contributed by atoms with Crippen molar-refractivity contribution in [3.05, 3.63) is 52.6 Å². The number of benzene rings is 2. The van der Waals surface area contributed by atoms with E-state index in [4.69, 9.17) is 14.2 Å². The molecule has 3 rings (SSSR count). The molecule has 0 aliphatic carbocycles. The minimum Gasteiger partial charge on any atom is -0.485 e. The van der Waals surface area contributed by atoms with Crippen molar-refractivity contribution in [1.29, 1.82) is 0 Å². The normalized spacial score (nSPS) is 14.2. The maximum atomic E-state index is 12.2. The van der Waals surface area contributed by atoms with Crippen LogP contribution in [-0.4, -0.2) is 25.3 Å². The van der Waals surface area contributed by atoms with Crippen LogP contribution in [0.3, 0.4) is 0 Å². The van der Waals surface area contributed by atoms with Crippen molar-refractivity contribution in [2.45, 2.75) is 47.0 Å². The van der Waals surface area contributed by atoms with Gasteiger partial charge in [-0.2, -0.15) is 0 Å². The summed E-state index contributed by atoms with van der Waals surface area (Å²) in [6, 6.07) is 10.2. The summed E-state index contributed by atoms with van der Waals surface area (Å²) in [6.07, 6.45) is 0.639. The van der Waals surface area contributed by atoms with Crippen LogP contribution in [0.5, 0.6) is 5.75 Å². The minimum absolute atomic E-state index is 0.0562. The number of rotatable bonds is 7. The lowest BCUT2D eigenvalue weighted by Gasteiger charge is -2.17. The van der Waals surface area contributed by atoms with Gasteiger partial charge in [-0.05, 0) is 67.1 Å². The van der Waals surface area contributed by atoms with Crippen molar-refractivity contribution in [3.63, 3.8) is 0 Å². The Balaban J connectivity index is 1.89. The summed E-state index contributed by atoms with van der Waals surface area (Å²) in [6.45, 7) is 9.35. The van der Waals surface area contributed by atoms with Crippen LogP contribution in [0.2, 0.25) is 0 Å². The molecule has 138 valence electrons. The molecule has 0 spiro atoms. The minimum atomic E-state index is -0.179. The number of aryl methyl sites for hydroxylation is 1. The van der Waals surface area contributed by atoms with Crippen LogP contribution in [0.4, 0.5) is 0 Å². The second-order valence-electron chi connectivity index (χ2n) is 6.58. The molecule has 2 aromatic carbocycles. The highest BCUT2D eigenvalue weighted by molar-refractivity contribution is 6.05. The third-order valence-electron chi connectivity index (χ3n) is 4.71. The predicted molar refractivity (Wildman–Crippen MR) is 102 cm³/mol. The maximum absolute atomic E-state index is 12.2. The van der Waals surface area contributed by atoms with E-state index in [0.717, 1.165) is 39.8 Å². The average molecular weight is 354 g/mol. The Morgan fingerprint density at radius 1 is 1.12 bits per heavy atom. The van der Waals surface area contributed by atoms with Gasteiger partial charge in [0.05, 0.1) is 12.2 Å². The SMILES string of the molecule is CCOC(CC)OCc1cccc(-c2c(C)cc3c(c2C)C(=O)CO3)c1. The van der Waals surface area contributed by atoms with Gasteiger partial charge in [0, 0.05) is 6.61 Å². The molecule has 0 fully saturated rings. The van der Waals surface area contributed by atoms with Crippen LogP contribution in [-0.2, 0) is 16.1 Å². The maximum Gasteiger partial charge on any atom is 0.204 e. The molecule has 4 nitrogen and oxygen atoms in total. The highest BCUT2D eigenvalue weighted by Gasteiger charge is 2.26. The molecular formula is C22H26O4. The third kappa shape index (κ3) is 3.67. The first-order valence-corrected chi connectivity index (χ1v) is 9.17. The number of hydrogen-bond donors (Lipinski definition) is 0. The molecule has 0 radical (unpaired) electrons. The Morgan fingerprint density at radius 2 is 1.92 bits per heavy atom. The zero-order valence-electron chi connectivity index (χ0n) is 15.9. The first kappa shape index (κ1) is 18.6. The Hall–Kier alpha value is -2.17. The lowest BCUT2D eigenvalue weighted by atomic mass is 9.90. The van der Waals surface area contributed by atoms with E-state index >= 15 is 0 Å². The second-order valence-corrected chi connectivity index (χ2v) is 6.58. The van der Waals surface area contributed by atoms with Crippen molar-refractivity contribution in [1.82, 2.24) is 0 Å². The van der Waals surface area contributed by atoms with Crippen molar-refractivity contribution in [3.8, 4) is 16.9 Å². The number of Topliss-reactive ketones (excluding diaryl/α,β-unsaturated/α-hetero) is 1. The Kier molecular flexibility index (Phi) is 5.74. The number of ketones is 1. The van der Waals surface area contributed by atoms with E-state index in [1.54, 1.807) is 0 Å². The fourth-order valence-electron chi connectivity index (χ4n) is 3.54. The van der Waals surface area contributed by atoms with Crippen molar-refractivity contribution in [2.24, 2.45) is 0 Å². The summed E-state index contributed by atoms with van der Waals surface area (Å²) in [4.78, 5) is 12.2. The smallest absolute Gasteiger partial charge is 0.204 e. The second kappa shape index (κ2) is 8.02. The van der Waals surface area contributed by atoms with Crippen LogP contribution in [0.1, 0.15) is 47.3 Å². The van der Waals surface area contributed by atoms with Crippen molar-refractivity contribution >= 4 is 5.78 Å². The summed E-state index contributed by atoms with van der Waals surface area (Å²) in [5, 5.41) is 0. The standard InChI is InChI=1S/C22H26O4/c1-5-20(24-6-2)26-12-16-8-7-9-17(11-16)21-14(3)10-19-22(15(21)4)18(23)13-25-19/h7-11,20H,5-6,12-13H2,1-4H3. The summed E-state index contributed by atoms with van der Waals surface area (Å²) >= 11 is 0. The van der Waals surface area contributed by atoms with Crippen LogP contribution < -0.4 is 4.74 Å². The molecule has 26 heavy (non-hydrogen) atoms. The lowest BCUT2D eigenvalue weighted by Crippen LogP contribution is -2.15. The molecule has 0 N–H and O–H groups in total. The van der Waals surface area contributed by atoms with E-state index in [1.165, 1.54) is 0 Å². The summed E-state index contributed by atoms with van der Waals surface area (Å²) in [7, 11) is 0. The highest BCUT2D eigenvalue weighted by atomic mass is 16.7. The van der Waals surface area contributed by atoms with Crippen LogP contribution in [0.25, 0.3) is 11.1 Å². The van der Waals surface area contributed by atoms with Crippen molar-refractivity contribution in [2.75, 3.05) is 13.2 Å². The molecule has 1 unspecified atom stereocenters. The van der Waals surface area contributed by atoms with Gasteiger partial charge in [0.2, 0.25) is 5.78 Å². The van der Waals surface area contributed by atoms with Gasteiger partial charge in [-0.3, -0.25) is 4.79 Å². The molecular weight excluding hydrogens is 328 g/mol. The van der Waals surface area contributed by atoms with Gasteiger partial charge in [0.15, 0.2) is 12.9 Å². The molecule has 1 aliphatic rings. The first-order valence-electron chi connectivity index (χ1n) is 9.17. The zero-order valence-corrected chi connectivity index (χ0v) is 15.9. The fourth-order valence-corrected chi connectivity index (χ4v) is 3.54. The third-order valence-corrected chi connectivity index (χ3v) is 4.71. The molecule has 1 heterocycles. The Bertz CT molecular complexity index is 810. The summed E-state index contributed by atoms with van der Waals surface area (Å²) in [5.41, 5.74) is 6.09. The number of ether oxygens (including phenoxy) is 3. The van der Waals surface area contributed by atoms with Crippen LogP contribution in [0.15, 0.2) is 30.3 Å². The number of fused-ring (bicyclic) bond motifs is 1. The fraction of sp³-hybridized carbons (Fsp3) is 0.409. The topological polar surface area (TPSA) is 44.8 Å². The van der Waals surface area contributed by atoms with Crippen LogP contribution in [0, 0.1) is 13.8 Å². The largest absolute Gasteiger partial charge is 0.485 e. The van der Waals surface area contributed by atoms with E-state index in [0.29, 0.717) is 19.0 Å². The lowest BCUT2D eigenvalue weighted by molar-refractivity contribution is -0.147. The molecule has 1 aliphatic heterocycles. The van der Waals surface area contributed by atoms with Gasteiger partial charge in [-0.15, -0.1) is 0 Å². The van der Waals surface area contributed by atoms with E-state index in [2.05, 4.69) is 25.1 Å². The van der Waals surface area contributed by atoms with E-state index < -0.39 is 0 Å². The first-order chi connectivity index (χ1) is 12.5. The summed E-state index contributed by atoms with van der Waals surface area (Å²) in [5.74, 6) is 0.761. The Morgan fingerprint density at radius 3 is 2.65 bits per heavy atom. The predicted octanol–water partition coefficient (Wildman–Crippen LogP) is 4.83. The van der Waals surface area contributed by atoms with Gasteiger partial charge in [-0.25, -0.2) is 0 Å². The average Bonchev–Trinajstić information content (AvgIpc) is 2.99. The number of carbonyl (C=O) groups is 1. The highest BCUT2D eigenvalue weighted by Crippen LogP contribution is 2.38.